The van der Waals surface area contributed by atoms with Crippen molar-refractivity contribution in [2.75, 3.05) is 6.54 Å². The van der Waals surface area contributed by atoms with Crippen molar-refractivity contribution in [1.82, 2.24) is 15.1 Å². The summed E-state index contributed by atoms with van der Waals surface area (Å²) in [6, 6.07) is 11.9. The second-order valence-corrected chi connectivity index (χ2v) is 7.70. The minimum Gasteiger partial charge on any atom is -0.508 e. The lowest BCUT2D eigenvalue weighted by Crippen LogP contribution is -2.25. The third-order valence-electron chi connectivity index (χ3n) is 5.30. The number of phenolic OH excluding ortho intramolecular Hbond substituents is 1. The maximum atomic E-state index is 13.1. The first-order valence-corrected chi connectivity index (χ1v) is 10.1. The van der Waals surface area contributed by atoms with E-state index in [1.807, 2.05) is 12.1 Å². The number of nitrogens with zero attached hydrogens (tertiary/aromatic N) is 2. The zero-order valence-electron chi connectivity index (χ0n) is 16.7. The maximum Gasteiger partial charge on any atom is 0.416 e. The summed E-state index contributed by atoms with van der Waals surface area (Å²) in [6.45, 7) is 0.457. The molecule has 0 radical (unpaired) electrons. The number of halogens is 3. The minimum absolute atomic E-state index is 0.120. The van der Waals surface area contributed by atoms with Crippen molar-refractivity contribution in [1.29, 1.82) is 0 Å². The third kappa shape index (κ3) is 4.90. The van der Waals surface area contributed by atoms with Crippen LogP contribution in [0, 0.1) is 0 Å². The van der Waals surface area contributed by atoms with Crippen LogP contribution in [-0.2, 0) is 12.6 Å². The summed E-state index contributed by atoms with van der Waals surface area (Å²) >= 11 is 0. The molecule has 8 heteroatoms. The SMILES string of the molecule is O=C(NCCCc1ccc(O)cc1)c1cnn(-c2cccc(C(F)(F)F)c2)c1C1CC1. The van der Waals surface area contributed by atoms with Gasteiger partial charge in [-0.3, -0.25) is 4.79 Å². The lowest BCUT2D eigenvalue weighted by molar-refractivity contribution is -0.137. The van der Waals surface area contributed by atoms with Crippen molar-refractivity contribution < 1.29 is 23.1 Å². The molecule has 31 heavy (non-hydrogen) atoms. The van der Waals surface area contributed by atoms with Crippen LogP contribution in [0.3, 0.4) is 0 Å². The van der Waals surface area contributed by atoms with Crippen molar-refractivity contribution in [2.45, 2.75) is 37.8 Å². The van der Waals surface area contributed by atoms with Gasteiger partial charge in [-0.25, -0.2) is 4.68 Å². The van der Waals surface area contributed by atoms with E-state index in [0.29, 0.717) is 23.5 Å². The second kappa shape index (κ2) is 8.45. The van der Waals surface area contributed by atoms with Crippen LogP contribution in [0.1, 0.15) is 52.4 Å². The standard InChI is InChI=1S/C23H22F3N3O2/c24-23(25,26)17-4-1-5-18(13-17)29-21(16-8-9-16)20(14-28-29)22(31)27-12-2-3-15-6-10-19(30)11-7-15/h1,4-7,10-11,13-14,16,30H,2-3,8-9,12H2,(H,27,31). The molecule has 5 nitrogen and oxygen atoms in total. The van der Waals surface area contributed by atoms with Crippen molar-refractivity contribution in [3.05, 3.63) is 77.1 Å². The number of aromatic hydroxyl groups is 1. The van der Waals surface area contributed by atoms with Crippen LogP contribution in [0.15, 0.2) is 54.7 Å². The first-order valence-electron chi connectivity index (χ1n) is 10.1. The summed E-state index contributed by atoms with van der Waals surface area (Å²) < 4.78 is 40.7. The Hall–Kier alpha value is -3.29. The van der Waals surface area contributed by atoms with E-state index in [2.05, 4.69) is 10.4 Å². The Morgan fingerprint density at radius 1 is 1.16 bits per heavy atom. The molecule has 1 aromatic heterocycles. The van der Waals surface area contributed by atoms with Crippen LogP contribution in [-0.4, -0.2) is 27.3 Å². The molecule has 0 unspecified atom stereocenters. The molecule has 1 aliphatic rings. The van der Waals surface area contributed by atoms with Gasteiger partial charge in [0.2, 0.25) is 0 Å². The molecule has 1 saturated carbocycles. The van der Waals surface area contributed by atoms with Crippen LogP contribution in [0.4, 0.5) is 13.2 Å². The number of hydrogen-bond acceptors (Lipinski definition) is 3. The predicted octanol–water partition coefficient (Wildman–Crippen LogP) is 4.84. The molecular weight excluding hydrogens is 407 g/mol. The fourth-order valence-electron chi connectivity index (χ4n) is 3.55. The molecule has 1 amide bonds. The van der Waals surface area contributed by atoms with Gasteiger partial charge in [-0.05, 0) is 61.6 Å². The number of nitrogens with one attached hydrogen (secondary N) is 1. The van der Waals surface area contributed by atoms with Gasteiger partial charge in [0.15, 0.2) is 0 Å². The van der Waals surface area contributed by atoms with Crippen molar-refractivity contribution in [2.24, 2.45) is 0 Å². The van der Waals surface area contributed by atoms with Crippen LogP contribution in [0.2, 0.25) is 0 Å². The number of alkyl halides is 3. The average Bonchev–Trinajstić information content (AvgIpc) is 3.49. The van der Waals surface area contributed by atoms with Crippen LogP contribution < -0.4 is 5.32 Å². The van der Waals surface area contributed by atoms with Gasteiger partial charge in [-0.2, -0.15) is 18.3 Å². The van der Waals surface area contributed by atoms with E-state index < -0.39 is 11.7 Å². The highest BCUT2D eigenvalue weighted by atomic mass is 19.4. The van der Waals surface area contributed by atoms with Crippen molar-refractivity contribution >= 4 is 5.91 Å². The van der Waals surface area contributed by atoms with Gasteiger partial charge >= 0.3 is 6.18 Å². The number of benzene rings is 2. The molecular formula is C23H22F3N3O2. The Bertz CT molecular complexity index is 1070. The molecule has 0 aliphatic heterocycles. The molecule has 0 atom stereocenters. The number of aryl methyl sites for hydroxylation is 1. The molecule has 0 spiro atoms. The Balaban J connectivity index is 1.46. The van der Waals surface area contributed by atoms with E-state index >= 15 is 0 Å². The molecule has 1 heterocycles. The summed E-state index contributed by atoms with van der Waals surface area (Å²) in [6.07, 6.45) is 0.220. The minimum atomic E-state index is -4.44. The van der Waals surface area contributed by atoms with E-state index in [9.17, 15) is 23.1 Å². The number of rotatable bonds is 7. The van der Waals surface area contributed by atoms with E-state index in [-0.39, 0.29) is 17.6 Å². The number of amides is 1. The second-order valence-electron chi connectivity index (χ2n) is 7.70. The van der Waals surface area contributed by atoms with Gasteiger partial charge in [-0.1, -0.05) is 18.2 Å². The van der Waals surface area contributed by atoms with Crippen molar-refractivity contribution in [3.63, 3.8) is 0 Å². The highest BCUT2D eigenvalue weighted by Gasteiger charge is 2.34. The lowest BCUT2D eigenvalue weighted by Gasteiger charge is -2.12. The zero-order valence-corrected chi connectivity index (χ0v) is 16.7. The summed E-state index contributed by atoms with van der Waals surface area (Å²) in [5, 5.41) is 16.4. The highest BCUT2D eigenvalue weighted by Crippen LogP contribution is 2.42. The quantitative estimate of drug-likeness (QED) is 0.529. The zero-order chi connectivity index (χ0) is 22.0. The number of carbonyl (C=O) groups excluding carboxylic acids is 1. The molecule has 162 valence electrons. The summed E-state index contributed by atoms with van der Waals surface area (Å²) in [7, 11) is 0. The number of hydrogen-bond donors (Lipinski definition) is 2. The first-order chi connectivity index (χ1) is 14.8. The van der Waals surface area contributed by atoms with Gasteiger partial charge in [0.25, 0.3) is 5.91 Å². The Kier molecular flexibility index (Phi) is 5.71. The largest absolute Gasteiger partial charge is 0.508 e. The molecule has 4 rings (SSSR count). The molecule has 0 bridgehead atoms. The number of phenols is 1. The van der Waals surface area contributed by atoms with E-state index in [4.69, 9.17) is 0 Å². The van der Waals surface area contributed by atoms with Crippen LogP contribution in [0.5, 0.6) is 5.75 Å². The summed E-state index contributed by atoms with van der Waals surface area (Å²) in [5.41, 5.74) is 1.67. The first kappa shape index (κ1) is 21.0. The van der Waals surface area contributed by atoms with Gasteiger partial charge in [0.05, 0.1) is 28.7 Å². The number of aromatic nitrogens is 2. The molecule has 2 N–H and O–H groups in total. The van der Waals surface area contributed by atoms with Crippen LogP contribution in [0.25, 0.3) is 5.69 Å². The van der Waals surface area contributed by atoms with Gasteiger partial charge < -0.3 is 10.4 Å². The maximum absolute atomic E-state index is 13.1. The number of carbonyl (C=O) groups is 1. The smallest absolute Gasteiger partial charge is 0.416 e. The molecule has 2 aromatic carbocycles. The Morgan fingerprint density at radius 2 is 1.90 bits per heavy atom. The van der Waals surface area contributed by atoms with E-state index in [1.54, 1.807) is 18.2 Å². The predicted molar refractivity (Wildman–Crippen MR) is 109 cm³/mol. The van der Waals surface area contributed by atoms with E-state index in [0.717, 1.165) is 43.4 Å². The summed E-state index contributed by atoms with van der Waals surface area (Å²) in [4.78, 5) is 12.7. The fourth-order valence-corrected chi connectivity index (χ4v) is 3.55. The fraction of sp³-hybridized carbons (Fsp3) is 0.304. The lowest BCUT2D eigenvalue weighted by atomic mass is 10.1. The van der Waals surface area contributed by atoms with Crippen molar-refractivity contribution in [3.8, 4) is 11.4 Å². The third-order valence-corrected chi connectivity index (χ3v) is 5.30. The Morgan fingerprint density at radius 3 is 2.58 bits per heavy atom. The molecule has 1 aliphatic carbocycles. The average molecular weight is 429 g/mol. The van der Waals surface area contributed by atoms with E-state index in [1.165, 1.54) is 16.9 Å². The van der Waals surface area contributed by atoms with Gasteiger partial charge in [-0.15, -0.1) is 0 Å². The Labute approximate surface area is 177 Å². The highest BCUT2D eigenvalue weighted by molar-refractivity contribution is 5.95. The topological polar surface area (TPSA) is 67.2 Å². The normalized spacial score (nSPS) is 13.9. The summed E-state index contributed by atoms with van der Waals surface area (Å²) in [5.74, 6) is 0.0584. The van der Waals surface area contributed by atoms with Gasteiger partial charge in [0, 0.05) is 12.5 Å². The monoisotopic (exact) mass is 429 g/mol. The molecule has 0 saturated heterocycles. The van der Waals surface area contributed by atoms with Crippen LogP contribution >= 0.6 is 0 Å². The van der Waals surface area contributed by atoms with Gasteiger partial charge in [0.1, 0.15) is 5.75 Å². The molecule has 1 fully saturated rings. The molecule has 3 aromatic rings.